The molecule has 90 valence electrons. The summed E-state index contributed by atoms with van der Waals surface area (Å²) in [7, 11) is 3.20. The van der Waals surface area contributed by atoms with E-state index in [2.05, 4.69) is 0 Å². The summed E-state index contributed by atoms with van der Waals surface area (Å²) < 4.78 is 10.6. The highest BCUT2D eigenvalue weighted by atomic mass is 35.5. The Kier molecular flexibility index (Phi) is 3.71. The Morgan fingerprint density at radius 1 is 1.19 bits per heavy atom. The van der Waals surface area contributed by atoms with Crippen molar-refractivity contribution in [3.63, 3.8) is 0 Å². The fourth-order valence-corrected chi connectivity index (χ4v) is 2.06. The molecule has 3 nitrogen and oxygen atoms in total. The third-order valence-electron chi connectivity index (χ3n) is 2.52. The zero-order valence-corrected chi connectivity index (χ0v) is 11.1. The highest BCUT2D eigenvalue weighted by Gasteiger charge is 2.24. The summed E-state index contributed by atoms with van der Waals surface area (Å²) in [5.41, 5.74) is 7.32. The molecule has 0 aliphatic heterocycles. The molecule has 0 spiro atoms. The van der Waals surface area contributed by atoms with Gasteiger partial charge in [0, 0.05) is 16.7 Å². The molecule has 0 amide bonds. The molecule has 1 aromatic rings. The fraction of sp³-hybridized carbons (Fsp3) is 0.500. The van der Waals surface area contributed by atoms with Gasteiger partial charge in [0.25, 0.3) is 0 Å². The topological polar surface area (TPSA) is 44.5 Å². The normalized spacial score (nSPS) is 11.4. The molecular formula is C12H18ClNO2. The summed E-state index contributed by atoms with van der Waals surface area (Å²) in [5.74, 6) is 1.36. The van der Waals surface area contributed by atoms with Crippen LogP contribution in [0, 0.1) is 6.92 Å². The average Bonchev–Trinajstić information content (AvgIpc) is 2.16. The highest BCUT2D eigenvalue weighted by Crippen LogP contribution is 2.41. The Labute approximate surface area is 101 Å². The van der Waals surface area contributed by atoms with Crippen molar-refractivity contribution in [1.29, 1.82) is 0 Å². The first-order valence-corrected chi connectivity index (χ1v) is 5.41. The van der Waals surface area contributed by atoms with Crippen molar-refractivity contribution in [3.8, 4) is 11.5 Å². The quantitative estimate of drug-likeness (QED) is 0.888. The first kappa shape index (κ1) is 13.1. The van der Waals surface area contributed by atoms with E-state index in [0.29, 0.717) is 10.8 Å². The third-order valence-corrected chi connectivity index (χ3v) is 2.80. The van der Waals surface area contributed by atoms with Crippen LogP contribution >= 0.6 is 11.6 Å². The van der Waals surface area contributed by atoms with Gasteiger partial charge in [0.15, 0.2) is 0 Å². The molecule has 0 atom stereocenters. The van der Waals surface area contributed by atoms with Crippen LogP contribution in [0.1, 0.15) is 25.0 Å². The SMILES string of the molecule is COc1c(Cl)cc(C(C)(C)N)c(OC)c1C. The van der Waals surface area contributed by atoms with Crippen LogP contribution < -0.4 is 15.2 Å². The maximum Gasteiger partial charge on any atom is 0.144 e. The zero-order chi connectivity index (χ0) is 12.5. The molecule has 0 aliphatic rings. The predicted octanol–water partition coefficient (Wildman–Crippen LogP) is 2.86. The van der Waals surface area contributed by atoms with E-state index in [1.165, 1.54) is 0 Å². The van der Waals surface area contributed by atoms with E-state index in [4.69, 9.17) is 26.8 Å². The average molecular weight is 244 g/mol. The maximum absolute atomic E-state index is 6.13. The Morgan fingerprint density at radius 2 is 1.69 bits per heavy atom. The standard InChI is InChI=1S/C12H18ClNO2/c1-7-10(15-4)8(12(2,3)14)6-9(13)11(7)16-5/h6H,14H2,1-5H3. The van der Waals surface area contributed by atoms with E-state index in [1.54, 1.807) is 20.3 Å². The molecular weight excluding hydrogens is 226 g/mol. The lowest BCUT2D eigenvalue weighted by Gasteiger charge is -2.25. The molecule has 4 heteroatoms. The van der Waals surface area contributed by atoms with Crippen LogP contribution in [0.15, 0.2) is 6.07 Å². The second kappa shape index (κ2) is 4.52. The smallest absolute Gasteiger partial charge is 0.144 e. The Balaban J connectivity index is 3.53. The second-order valence-corrected chi connectivity index (χ2v) is 4.73. The third kappa shape index (κ3) is 2.25. The van der Waals surface area contributed by atoms with Crippen molar-refractivity contribution < 1.29 is 9.47 Å². The Bertz CT molecular complexity index is 397. The molecule has 0 fully saturated rings. The molecule has 0 radical (unpaired) electrons. The summed E-state index contributed by atoms with van der Waals surface area (Å²) in [6.07, 6.45) is 0. The second-order valence-electron chi connectivity index (χ2n) is 4.32. The van der Waals surface area contributed by atoms with Crippen LogP contribution in [0.2, 0.25) is 5.02 Å². The van der Waals surface area contributed by atoms with Crippen molar-refractivity contribution in [2.24, 2.45) is 5.73 Å². The van der Waals surface area contributed by atoms with Gasteiger partial charge in [0.05, 0.1) is 19.2 Å². The minimum Gasteiger partial charge on any atom is -0.496 e. The minimum absolute atomic E-state index is 0.508. The highest BCUT2D eigenvalue weighted by molar-refractivity contribution is 6.32. The maximum atomic E-state index is 6.13. The van der Waals surface area contributed by atoms with Crippen molar-refractivity contribution in [2.75, 3.05) is 14.2 Å². The minimum atomic E-state index is -0.508. The lowest BCUT2D eigenvalue weighted by atomic mass is 9.92. The number of rotatable bonds is 3. The van der Waals surface area contributed by atoms with E-state index >= 15 is 0 Å². The molecule has 0 aromatic heterocycles. The molecule has 0 saturated heterocycles. The number of hydrogen-bond acceptors (Lipinski definition) is 3. The first-order valence-electron chi connectivity index (χ1n) is 5.03. The number of methoxy groups -OCH3 is 2. The molecule has 0 bridgehead atoms. The fourth-order valence-electron chi connectivity index (χ4n) is 1.73. The van der Waals surface area contributed by atoms with E-state index in [9.17, 15) is 0 Å². The molecule has 1 aromatic carbocycles. The lowest BCUT2D eigenvalue weighted by Crippen LogP contribution is -2.29. The van der Waals surface area contributed by atoms with E-state index < -0.39 is 5.54 Å². The molecule has 0 saturated carbocycles. The summed E-state index contributed by atoms with van der Waals surface area (Å²) in [6, 6.07) is 1.80. The van der Waals surface area contributed by atoms with Crippen LogP contribution in [0.3, 0.4) is 0 Å². The van der Waals surface area contributed by atoms with Crippen LogP contribution in [0.25, 0.3) is 0 Å². The summed E-state index contributed by atoms with van der Waals surface area (Å²) >= 11 is 6.13. The molecule has 1 rings (SSSR count). The van der Waals surface area contributed by atoms with Gasteiger partial charge in [0.2, 0.25) is 0 Å². The van der Waals surface area contributed by atoms with Crippen molar-refractivity contribution in [3.05, 3.63) is 22.2 Å². The van der Waals surface area contributed by atoms with Crippen molar-refractivity contribution >= 4 is 11.6 Å². The van der Waals surface area contributed by atoms with E-state index in [-0.39, 0.29) is 0 Å². The number of halogens is 1. The van der Waals surface area contributed by atoms with E-state index in [0.717, 1.165) is 16.9 Å². The van der Waals surface area contributed by atoms with Gasteiger partial charge in [-0.2, -0.15) is 0 Å². The summed E-state index contributed by atoms with van der Waals surface area (Å²) in [5, 5.41) is 0.550. The van der Waals surface area contributed by atoms with Crippen LogP contribution in [0.5, 0.6) is 11.5 Å². The van der Waals surface area contributed by atoms with Crippen LogP contribution in [0.4, 0.5) is 0 Å². The number of nitrogens with two attached hydrogens (primary N) is 1. The monoisotopic (exact) mass is 243 g/mol. The predicted molar refractivity (Wildman–Crippen MR) is 66.5 cm³/mol. The summed E-state index contributed by atoms with van der Waals surface area (Å²) in [4.78, 5) is 0. The molecule has 0 unspecified atom stereocenters. The molecule has 2 N–H and O–H groups in total. The zero-order valence-electron chi connectivity index (χ0n) is 10.3. The van der Waals surface area contributed by atoms with Gasteiger partial charge in [-0.25, -0.2) is 0 Å². The number of hydrogen-bond donors (Lipinski definition) is 1. The van der Waals surface area contributed by atoms with Gasteiger partial charge >= 0.3 is 0 Å². The number of benzene rings is 1. The Hall–Kier alpha value is -0.930. The van der Waals surface area contributed by atoms with Crippen LogP contribution in [-0.4, -0.2) is 14.2 Å². The molecule has 0 aliphatic carbocycles. The first-order chi connectivity index (χ1) is 7.32. The Morgan fingerprint density at radius 3 is 2.06 bits per heavy atom. The molecule has 16 heavy (non-hydrogen) atoms. The van der Waals surface area contributed by atoms with Crippen molar-refractivity contribution in [1.82, 2.24) is 0 Å². The van der Waals surface area contributed by atoms with Gasteiger partial charge in [-0.15, -0.1) is 0 Å². The van der Waals surface area contributed by atoms with Gasteiger partial charge in [-0.3, -0.25) is 0 Å². The van der Waals surface area contributed by atoms with Crippen molar-refractivity contribution in [2.45, 2.75) is 26.3 Å². The summed E-state index contributed by atoms with van der Waals surface area (Å²) in [6.45, 7) is 5.72. The van der Waals surface area contributed by atoms with Crippen LogP contribution in [-0.2, 0) is 5.54 Å². The number of ether oxygens (including phenoxy) is 2. The van der Waals surface area contributed by atoms with Gasteiger partial charge < -0.3 is 15.2 Å². The van der Waals surface area contributed by atoms with Gasteiger partial charge in [-0.1, -0.05) is 11.6 Å². The van der Waals surface area contributed by atoms with E-state index in [1.807, 2.05) is 20.8 Å². The van der Waals surface area contributed by atoms with Gasteiger partial charge in [-0.05, 0) is 26.8 Å². The largest absolute Gasteiger partial charge is 0.496 e. The molecule has 0 heterocycles. The lowest BCUT2D eigenvalue weighted by molar-refractivity contribution is 0.375. The van der Waals surface area contributed by atoms with Gasteiger partial charge in [0.1, 0.15) is 11.5 Å².